The lowest BCUT2D eigenvalue weighted by molar-refractivity contribution is -0.154. The van der Waals surface area contributed by atoms with Crippen molar-refractivity contribution in [2.45, 2.75) is 38.0 Å². The molecule has 0 aromatic heterocycles. The van der Waals surface area contributed by atoms with Crippen LogP contribution in [0.25, 0.3) is 0 Å². The minimum atomic E-state index is -1.22. The third-order valence-electron chi connectivity index (χ3n) is 4.47. The van der Waals surface area contributed by atoms with Crippen molar-refractivity contribution in [2.75, 3.05) is 6.61 Å². The van der Waals surface area contributed by atoms with Crippen molar-refractivity contribution in [3.63, 3.8) is 0 Å². The van der Waals surface area contributed by atoms with Gasteiger partial charge in [-0.3, -0.25) is 9.59 Å². The number of rotatable bonds is 6. The molecular weight excluding hydrogens is 311 g/mol. The molecule has 1 aliphatic rings. The number of carbonyl (C=O) groups is 2. The maximum atomic E-state index is 14.2. The van der Waals surface area contributed by atoms with E-state index in [9.17, 15) is 14.0 Å². The number of Topliss-reactive ketones (excluding diaryl/α,β-unsaturated/α-hetero) is 1. The van der Waals surface area contributed by atoms with Crippen LogP contribution in [-0.4, -0.2) is 24.1 Å². The summed E-state index contributed by atoms with van der Waals surface area (Å²) in [5, 5.41) is 16.3. The molecule has 1 N–H and O–H groups in total. The fraction of sp³-hybridized carbons (Fsp3) is 0.444. The number of halogens is 1. The zero-order valence-corrected chi connectivity index (χ0v) is 13.5. The summed E-state index contributed by atoms with van der Waals surface area (Å²) in [6, 6.07) is 7.82. The quantitative estimate of drug-likeness (QED) is 0.641. The summed E-state index contributed by atoms with van der Waals surface area (Å²) < 4.78 is 19.3. The highest BCUT2D eigenvalue weighted by Crippen LogP contribution is 2.43. The van der Waals surface area contributed by atoms with Gasteiger partial charge in [-0.1, -0.05) is 31.0 Å². The third kappa shape index (κ3) is 3.35. The Morgan fingerprint density at radius 2 is 2.00 bits per heavy atom. The summed E-state index contributed by atoms with van der Waals surface area (Å²) in [6.45, 7) is 0.773. The molecule has 1 atom stereocenters. The Labute approximate surface area is 139 Å². The van der Waals surface area contributed by atoms with Gasteiger partial charge in [0, 0.05) is 11.3 Å². The molecule has 6 heteroatoms. The molecule has 24 heavy (non-hydrogen) atoms. The lowest BCUT2D eigenvalue weighted by Crippen LogP contribution is -2.37. The molecule has 1 aliphatic carbocycles. The molecular formula is C18H19FN2O3. The van der Waals surface area contributed by atoms with Gasteiger partial charge in [-0.15, -0.1) is 0 Å². The van der Waals surface area contributed by atoms with E-state index in [1.54, 1.807) is 24.3 Å². The first-order valence-corrected chi connectivity index (χ1v) is 7.82. The lowest BCUT2D eigenvalue weighted by Gasteiger charge is -2.27. The molecule has 0 spiro atoms. The van der Waals surface area contributed by atoms with Gasteiger partial charge in [0.25, 0.3) is 0 Å². The maximum Gasteiger partial charge on any atom is 0.317 e. The fourth-order valence-electron chi connectivity index (χ4n) is 3.18. The van der Waals surface area contributed by atoms with Gasteiger partial charge in [0.05, 0.1) is 11.5 Å². The molecule has 0 amide bonds. The van der Waals surface area contributed by atoms with Crippen molar-refractivity contribution in [2.24, 2.45) is 5.92 Å². The van der Waals surface area contributed by atoms with Crippen molar-refractivity contribution in [1.29, 1.82) is 10.7 Å². The van der Waals surface area contributed by atoms with Crippen molar-refractivity contribution < 1.29 is 18.7 Å². The van der Waals surface area contributed by atoms with E-state index in [1.807, 2.05) is 0 Å². The summed E-state index contributed by atoms with van der Waals surface area (Å²) in [4.78, 5) is 24.6. The Morgan fingerprint density at radius 3 is 2.54 bits per heavy atom. The van der Waals surface area contributed by atoms with Gasteiger partial charge in [-0.25, -0.2) is 4.39 Å². The Balaban J connectivity index is 2.17. The molecule has 1 saturated carbocycles. The predicted octanol–water partition coefficient (Wildman–Crippen LogP) is 2.93. The van der Waals surface area contributed by atoms with E-state index in [0.717, 1.165) is 12.8 Å². The molecule has 1 fully saturated rings. The van der Waals surface area contributed by atoms with Crippen LogP contribution in [0.15, 0.2) is 24.3 Å². The van der Waals surface area contributed by atoms with Crippen LogP contribution in [0, 0.1) is 28.5 Å². The Hall–Kier alpha value is -2.55. The minimum Gasteiger partial charge on any atom is -0.457 e. The van der Waals surface area contributed by atoms with E-state index >= 15 is 0 Å². The number of carbonyl (C=O) groups excluding carboxylic acids is 2. The van der Waals surface area contributed by atoms with E-state index in [0.29, 0.717) is 18.4 Å². The third-order valence-corrected chi connectivity index (χ3v) is 4.47. The Bertz CT molecular complexity index is 702. The molecule has 126 valence electrons. The zero-order chi connectivity index (χ0) is 17.7. The SMILES string of the molecule is CC(=N)C(C#N)C(=O)COC(=O)C1(c2ccccc2F)CCCC1. The number of hydrogen-bond donors (Lipinski definition) is 1. The zero-order valence-electron chi connectivity index (χ0n) is 13.5. The molecule has 5 nitrogen and oxygen atoms in total. The highest BCUT2D eigenvalue weighted by molar-refractivity contribution is 6.06. The van der Waals surface area contributed by atoms with E-state index in [1.165, 1.54) is 13.0 Å². The predicted molar refractivity (Wildman–Crippen MR) is 85.0 cm³/mol. The number of nitriles is 1. The number of nitrogens with one attached hydrogen (secondary N) is 1. The number of benzene rings is 1. The highest BCUT2D eigenvalue weighted by atomic mass is 19.1. The second-order valence-electron chi connectivity index (χ2n) is 6.06. The monoisotopic (exact) mass is 330 g/mol. The standard InChI is InChI=1S/C18H19FN2O3/c1-12(21)13(10-20)16(22)11-24-17(23)18(8-4-5-9-18)14-6-2-3-7-15(14)19/h2-3,6-7,13,21H,4-5,8-9,11H2,1H3. The normalized spacial score (nSPS) is 16.9. The average molecular weight is 330 g/mol. The maximum absolute atomic E-state index is 14.2. The van der Waals surface area contributed by atoms with Gasteiger partial charge in [-0.2, -0.15) is 5.26 Å². The second-order valence-corrected chi connectivity index (χ2v) is 6.06. The molecule has 1 aromatic carbocycles. The van der Waals surface area contributed by atoms with Crippen LogP contribution in [0.4, 0.5) is 4.39 Å². The first kappa shape index (κ1) is 17.8. The Kier molecular flexibility index (Phi) is 5.45. The first-order valence-electron chi connectivity index (χ1n) is 7.82. The topological polar surface area (TPSA) is 91.0 Å². The summed E-state index contributed by atoms with van der Waals surface area (Å²) in [5.41, 5.74) is -0.878. The van der Waals surface area contributed by atoms with E-state index in [2.05, 4.69) is 0 Å². The van der Waals surface area contributed by atoms with Crippen molar-refractivity contribution in [3.8, 4) is 6.07 Å². The van der Waals surface area contributed by atoms with Gasteiger partial charge < -0.3 is 10.1 Å². The number of hydrogen-bond acceptors (Lipinski definition) is 5. The summed E-state index contributed by atoms with van der Waals surface area (Å²) in [5.74, 6) is -2.96. The molecule has 0 bridgehead atoms. The average Bonchev–Trinajstić information content (AvgIpc) is 3.04. The number of ketones is 1. The van der Waals surface area contributed by atoms with Crippen LogP contribution in [0.5, 0.6) is 0 Å². The van der Waals surface area contributed by atoms with Crippen LogP contribution in [0.3, 0.4) is 0 Å². The molecule has 1 unspecified atom stereocenters. The molecule has 0 saturated heterocycles. The second kappa shape index (κ2) is 7.35. The first-order chi connectivity index (χ1) is 11.4. The lowest BCUT2D eigenvalue weighted by atomic mass is 9.78. The summed E-state index contributed by atoms with van der Waals surface area (Å²) >= 11 is 0. The molecule has 0 heterocycles. The van der Waals surface area contributed by atoms with Gasteiger partial charge in [-0.05, 0) is 25.8 Å². The van der Waals surface area contributed by atoms with Gasteiger partial charge in [0.15, 0.2) is 12.4 Å². The molecule has 1 aromatic rings. The molecule has 0 radical (unpaired) electrons. The van der Waals surface area contributed by atoms with Crippen LogP contribution in [0.1, 0.15) is 38.2 Å². The van der Waals surface area contributed by atoms with Gasteiger partial charge in [0.2, 0.25) is 0 Å². The number of nitrogens with zero attached hydrogens (tertiary/aromatic N) is 1. The van der Waals surface area contributed by atoms with E-state index < -0.39 is 35.5 Å². The Morgan fingerprint density at radius 1 is 1.38 bits per heavy atom. The highest BCUT2D eigenvalue weighted by Gasteiger charge is 2.46. The van der Waals surface area contributed by atoms with Crippen molar-refractivity contribution >= 4 is 17.5 Å². The number of ether oxygens (including phenoxy) is 1. The summed E-state index contributed by atoms with van der Waals surface area (Å²) in [6.07, 6.45) is 2.48. The van der Waals surface area contributed by atoms with Crippen LogP contribution < -0.4 is 0 Å². The van der Waals surface area contributed by atoms with Crippen molar-refractivity contribution in [3.05, 3.63) is 35.6 Å². The number of esters is 1. The molecule has 2 rings (SSSR count). The van der Waals surface area contributed by atoms with Gasteiger partial charge >= 0.3 is 5.97 Å². The van der Waals surface area contributed by atoms with Crippen LogP contribution >= 0.6 is 0 Å². The minimum absolute atomic E-state index is 0.0942. The van der Waals surface area contributed by atoms with E-state index in [-0.39, 0.29) is 5.71 Å². The van der Waals surface area contributed by atoms with Crippen LogP contribution in [-0.2, 0) is 19.7 Å². The van der Waals surface area contributed by atoms with Gasteiger partial charge in [0.1, 0.15) is 11.7 Å². The smallest absolute Gasteiger partial charge is 0.317 e. The fourth-order valence-corrected chi connectivity index (χ4v) is 3.18. The molecule has 0 aliphatic heterocycles. The summed E-state index contributed by atoms with van der Waals surface area (Å²) in [7, 11) is 0. The van der Waals surface area contributed by atoms with E-state index in [4.69, 9.17) is 15.4 Å². The van der Waals surface area contributed by atoms with Crippen molar-refractivity contribution in [1.82, 2.24) is 0 Å². The largest absolute Gasteiger partial charge is 0.457 e. The van der Waals surface area contributed by atoms with Crippen LogP contribution in [0.2, 0.25) is 0 Å².